The number of aromatic hydroxyl groups is 1. The van der Waals surface area contributed by atoms with E-state index >= 15 is 0 Å². The van der Waals surface area contributed by atoms with Crippen molar-refractivity contribution in [2.75, 3.05) is 40.9 Å². The first-order valence-corrected chi connectivity index (χ1v) is 11.8. The zero-order valence-corrected chi connectivity index (χ0v) is 22.7. The summed E-state index contributed by atoms with van der Waals surface area (Å²) in [4.78, 5) is 12.5. The van der Waals surface area contributed by atoms with E-state index in [1.807, 2.05) is 36.4 Å². The highest BCUT2D eigenvalue weighted by atomic mass is 79.9. The third kappa shape index (κ3) is 6.56. The van der Waals surface area contributed by atoms with Gasteiger partial charge in [0.05, 0.1) is 45.7 Å². The van der Waals surface area contributed by atoms with E-state index in [9.17, 15) is 9.90 Å². The molecule has 8 nitrogen and oxygen atoms in total. The lowest BCUT2D eigenvalue weighted by Crippen LogP contribution is -1.99. The molecular weight excluding hydrogens is 542 g/mol. The van der Waals surface area contributed by atoms with Gasteiger partial charge in [-0.3, -0.25) is 4.79 Å². The van der Waals surface area contributed by atoms with Crippen molar-refractivity contribution in [2.24, 2.45) is 0 Å². The molecule has 0 bridgehead atoms. The average molecular weight is 570 g/mol. The molecule has 9 heteroatoms. The molecule has 3 rings (SSSR count). The molecule has 0 radical (unpaired) electrons. The van der Waals surface area contributed by atoms with Crippen LogP contribution in [0.3, 0.4) is 0 Å². The Morgan fingerprint density at radius 2 is 1.38 bits per heavy atom. The summed E-state index contributed by atoms with van der Waals surface area (Å²) >= 11 is 3.54. The molecule has 194 valence electrons. The number of rotatable bonds is 11. The Balaban J connectivity index is 1.84. The molecule has 0 unspecified atom stereocenters. The highest BCUT2D eigenvalue weighted by molar-refractivity contribution is 9.10. The van der Waals surface area contributed by atoms with Crippen LogP contribution in [0.2, 0.25) is 0 Å². The Hall–Kier alpha value is -4.11. The highest BCUT2D eigenvalue weighted by Crippen LogP contribution is 2.39. The average Bonchev–Trinajstić information content (AvgIpc) is 2.90. The van der Waals surface area contributed by atoms with Crippen molar-refractivity contribution in [3.8, 4) is 34.5 Å². The van der Waals surface area contributed by atoms with Gasteiger partial charge in [0.2, 0.25) is 5.75 Å². The Morgan fingerprint density at radius 3 is 1.92 bits per heavy atom. The number of allylic oxidation sites excluding steroid dienone is 1. The van der Waals surface area contributed by atoms with E-state index in [1.165, 1.54) is 31.5 Å². The maximum absolute atomic E-state index is 12.5. The summed E-state index contributed by atoms with van der Waals surface area (Å²) in [7, 11) is 7.70. The summed E-state index contributed by atoms with van der Waals surface area (Å²) in [6.45, 7) is 0. The number of carbonyl (C=O) groups is 1. The van der Waals surface area contributed by atoms with Gasteiger partial charge in [0.1, 0.15) is 0 Å². The van der Waals surface area contributed by atoms with Gasteiger partial charge < -0.3 is 34.1 Å². The van der Waals surface area contributed by atoms with Crippen LogP contribution in [0, 0.1) is 0 Å². The number of methoxy groups -OCH3 is 5. The molecule has 0 atom stereocenters. The first-order chi connectivity index (χ1) is 17.8. The van der Waals surface area contributed by atoms with E-state index in [2.05, 4.69) is 21.2 Å². The van der Waals surface area contributed by atoms with E-state index in [0.29, 0.717) is 40.0 Å². The lowest BCUT2D eigenvalue weighted by atomic mass is 10.1. The third-order valence-corrected chi connectivity index (χ3v) is 5.95. The first kappa shape index (κ1) is 27.5. The van der Waals surface area contributed by atoms with Crippen LogP contribution < -0.4 is 29.0 Å². The number of ketones is 1. The quantitative estimate of drug-likeness (QED) is 0.161. The summed E-state index contributed by atoms with van der Waals surface area (Å²) < 4.78 is 27.5. The number of phenols is 1. The van der Waals surface area contributed by atoms with Gasteiger partial charge in [-0.1, -0.05) is 12.2 Å². The van der Waals surface area contributed by atoms with Gasteiger partial charge in [-0.15, -0.1) is 0 Å². The van der Waals surface area contributed by atoms with Crippen molar-refractivity contribution in [3.05, 3.63) is 75.9 Å². The molecule has 0 fully saturated rings. The molecule has 0 saturated heterocycles. The van der Waals surface area contributed by atoms with Crippen molar-refractivity contribution in [2.45, 2.75) is 0 Å². The fourth-order valence-electron chi connectivity index (χ4n) is 3.56. The van der Waals surface area contributed by atoms with Crippen LogP contribution in [0.4, 0.5) is 5.69 Å². The van der Waals surface area contributed by atoms with E-state index < -0.39 is 0 Å². The zero-order chi connectivity index (χ0) is 26.9. The second kappa shape index (κ2) is 12.7. The standard InChI is InChI=1S/C28H28BrNO7/c1-33-24-9-8-19(16-23(24)32)22(31)10-11-30-21-13-17(12-20(29)27(21)36-4)6-7-18-14-25(34-2)28(37-5)26(15-18)35-3/h6-16,30,32H,1-5H3/b7-6-,11-10-. The van der Waals surface area contributed by atoms with Crippen LogP contribution in [0.1, 0.15) is 21.5 Å². The van der Waals surface area contributed by atoms with Gasteiger partial charge >= 0.3 is 0 Å². The number of hydrogen-bond donors (Lipinski definition) is 2. The second-order valence-corrected chi connectivity index (χ2v) is 8.46. The molecule has 0 aliphatic rings. The normalized spacial score (nSPS) is 11.0. The molecule has 0 heterocycles. The summed E-state index contributed by atoms with van der Waals surface area (Å²) in [5.74, 6) is 2.11. The Labute approximate surface area is 224 Å². The second-order valence-electron chi connectivity index (χ2n) is 7.60. The molecule has 0 aromatic heterocycles. The number of anilines is 1. The smallest absolute Gasteiger partial charge is 0.203 e. The van der Waals surface area contributed by atoms with Gasteiger partial charge in [0.15, 0.2) is 34.5 Å². The molecule has 0 amide bonds. The van der Waals surface area contributed by atoms with Crippen LogP contribution in [-0.2, 0) is 0 Å². The SMILES string of the molecule is COc1ccc(C(=O)/C=C\Nc2cc(/C=C\c3cc(OC)c(OC)c(OC)c3)cc(Br)c2OC)cc1O. The number of phenolic OH excluding ortho intramolecular Hbond substituents is 1. The van der Waals surface area contributed by atoms with Gasteiger partial charge in [0, 0.05) is 17.8 Å². The van der Waals surface area contributed by atoms with Crippen LogP contribution in [0.25, 0.3) is 12.2 Å². The highest BCUT2D eigenvalue weighted by Gasteiger charge is 2.13. The van der Waals surface area contributed by atoms with Crippen LogP contribution in [-0.4, -0.2) is 46.4 Å². The fraction of sp³-hybridized carbons (Fsp3) is 0.179. The van der Waals surface area contributed by atoms with Crippen molar-refractivity contribution >= 4 is 39.6 Å². The summed E-state index contributed by atoms with van der Waals surface area (Å²) in [6.07, 6.45) is 6.72. The lowest BCUT2D eigenvalue weighted by molar-refractivity contribution is 0.104. The molecule has 0 aliphatic heterocycles. The number of hydrogen-bond acceptors (Lipinski definition) is 8. The minimum atomic E-state index is -0.290. The Morgan fingerprint density at radius 1 is 0.784 bits per heavy atom. The monoisotopic (exact) mass is 569 g/mol. The van der Waals surface area contributed by atoms with E-state index in [-0.39, 0.29) is 11.5 Å². The molecule has 0 aliphatic carbocycles. The van der Waals surface area contributed by atoms with E-state index in [0.717, 1.165) is 15.6 Å². The Kier molecular flexibility index (Phi) is 9.45. The number of benzene rings is 3. The van der Waals surface area contributed by atoms with Gasteiger partial charge in [-0.25, -0.2) is 0 Å². The number of ether oxygens (including phenoxy) is 5. The van der Waals surface area contributed by atoms with Crippen LogP contribution in [0.15, 0.2) is 59.2 Å². The van der Waals surface area contributed by atoms with Gasteiger partial charge in [0.25, 0.3) is 0 Å². The van der Waals surface area contributed by atoms with Crippen molar-refractivity contribution in [3.63, 3.8) is 0 Å². The van der Waals surface area contributed by atoms with Crippen molar-refractivity contribution in [1.82, 2.24) is 0 Å². The number of carbonyl (C=O) groups excluding carboxylic acids is 1. The molecule has 3 aromatic rings. The van der Waals surface area contributed by atoms with Gasteiger partial charge in [-0.2, -0.15) is 0 Å². The fourth-order valence-corrected chi connectivity index (χ4v) is 4.20. The van der Waals surface area contributed by atoms with Crippen molar-refractivity contribution in [1.29, 1.82) is 0 Å². The summed E-state index contributed by atoms with van der Waals surface area (Å²) in [5, 5.41) is 13.0. The minimum Gasteiger partial charge on any atom is -0.504 e. The third-order valence-electron chi connectivity index (χ3n) is 5.36. The first-order valence-electron chi connectivity index (χ1n) is 11.0. The molecular formula is C28H28BrNO7. The largest absolute Gasteiger partial charge is 0.504 e. The predicted molar refractivity (Wildman–Crippen MR) is 147 cm³/mol. The summed E-state index contributed by atoms with van der Waals surface area (Å²) in [6, 6.07) is 12.0. The maximum Gasteiger partial charge on any atom is 0.203 e. The summed E-state index contributed by atoms with van der Waals surface area (Å²) in [5.41, 5.74) is 2.68. The molecule has 3 aromatic carbocycles. The molecule has 0 spiro atoms. The van der Waals surface area contributed by atoms with Crippen molar-refractivity contribution < 1.29 is 33.6 Å². The zero-order valence-electron chi connectivity index (χ0n) is 21.1. The molecule has 0 saturated carbocycles. The van der Waals surface area contributed by atoms with E-state index in [1.54, 1.807) is 34.5 Å². The topological polar surface area (TPSA) is 95.5 Å². The number of halogens is 1. The van der Waals surface area contributed by atoms with E-state index in [4.69, 9.17) is 23.7 Å². The van der Waals surface area contributed by atoms with Crippen LogP contribution in [0.5, 0.6) is 34.5 Å². The molecule has 2 N–H and O–H groups in total. The minimum absolute atomic E-state index is 0.105. The number of nitrogens with one attached hydrogen (secondary N) is 1. The predicted octanol–water partition coefficient (Wildman–Crippen LogP) is 6.18. The lowest BCUT2D eigenvalue weighted by Gasteiger charge is -2.13. The Bertz CT molecular complexity index is 1310. The van der Waals surface area contributed by atoms with Gasteiger partial charge in [-0.05, 0) is 69.5 Å². The van der Waals surface area contributed by atoms with Crippen LogP contribution >= 0.6 is 15.9 Å². The maximum atomic E-state index is 12.5. The molecule has 37 heavy (non-hydrogen) atoms.